The SMILES string of the molecule is CCCCCCCCCCCCCCCCCCCCCCCCCCCCCCCCCCCCCCI. The fourth-order valence-corrected chi connectivity index (χ4v) is 6.72. The molecule has 0 unspecified atom stereocenters. The number of hydrogen-bond donors (Lipinski definition) is 0. The molecule has 1 heteroatoms. The van der Waals surface area contributed by atoms with Crippen molar-refractivity contribution in [2.45, 2.75) is 238 Å². The Morgan fingerprint density at radius 1 is 0.205 bits per heavy atom. The molecule has 0 atom stereocenters. The summed E-state index contributed by atoms with van der Waals surface area (Å²) in [6.45, 7) is 2.31. The van der Waals surface area contributed by atoms with Crippen LogP contribution in [0.15, 0.2) is 0 Å². The average molecular weight is 661 g/mol. The summed E-state index contributed by atoms with van der Waals surface area (Å²) >= 11 is 2.50. The molecule has 0 heterocycles. The van der Waals surface area contributed by atoms with Crippen LogP contribution in [0.25, 0.3) is 0 Å². The number of alkyl halides is 1. The summed E-state index contributed by atoms with van der Waals surface area (Å²) in [7, 11) is 0. The average Bonchev–Trinajstić information content (AvgIpc) is 2.95. The van der Waals surface area contributed by atoms with E-state index in [1.807, 2.05) is 0 Å². The third-order valence-electron chi connectivity index (χ3n) is 8.99. The van der Waals surface area contributed by atoms with E-state index in [1.165, 1.54) is 236 Å². The lowest BCUT2D eigenvalue weighted by Gasteiger charge is -2.05. The van der Waals surface area contributed by atoms with Crippen molar-refractivity contribution in [3.63, 3.8) is 0 Å². The zero-order valence-corrected chi connectivity index (χ0v) is 29.7. The minimum atomic E-state index is 1.34. The van der Waals surface area contributed by atoms with Crippen molar-refractivity contribution in [3.8, 4) is 0 Å². The molecule has 0 saturated carbocycles. The fraction of sp³-hybridized carbons (Fsp3) is 1.00. The van der Waals surface area contributed by atoms with Gasteiger partial charge in [0.1, 0.15) is 0 Å². The van der Waals surface area contributed by atoms with Crippen molar-refractivity contribution in [2.75, 3.05) is 4.43 Å². The summed E-state index contributed by atoms with van der Waals surface area (Å²) < 4.78 is 1.34. The van der Waals surface area contributed by atoms with Crippen LogP contribution in [0.1, 0.15) is 238 Å². The number of halogens is 1. The van der Waals surface area contributed by atoms with Crippen LogP contribution in [0.5, 0.6) is 0 Å². The molecule has 0 aliphatic carbocycles. The Kier molecular flexibility index (Phi) is 39.5. The molecule has 0 N–H and O–H groups in total. The van der Waals surface area contributed by atoms with Gasteiger partial charge in [0.05, 0.1) is 0 Å². The Balaban J connectivity index is 3.01. The predicted octanol–water partition coefficient (Wildman–Crippen LogP) is 15.5. The molecule has 0 spiro atoms. The molecule has 0 radical (unpaired) electrons. The highest BCUT2D eigenvalue weighted by Crippen LogP contribution is 2.17. The van der Waals surface area contributed by atoms with Crippen LogP contribution in [0.4, 0.5) is 0 Å². The van der Waals surface area contributed by atoms with E-state index < -0.39 is 0 Å². The van der Waals surface area contributed by atoms with E-state index in [0.29, 0.717) is 0 Å². The van der Waals surface area contributed by atoms with Crippen molar-refractivity contribution in [1.82, 2.24) is 0 Å². The van der Waals surface area contributed by atoms with Gasteiger partial charge in [-0.3, -0.25) is 0 Å². The Labute approximate surface area is 264 Å². The molecule has 0 nitrogen and oxygen atoms in total. The van der Waals surface area contributed by atoms with Crippen LogP contribution in [0, 0.1) is 0 Å². The van der Waals surface area contributed by atoms with Gasteiger partial charge in [0, 0.05) is 0 Å². The third kappa shape index (κ3) is 38.7. The van der Waals surface area contributed by atoms with Crippen LogP contribution >= 0.6 is 22.6 Å². The molecule has 0 aromatic rings. The minimum absolute atomic E-state index is 1.34. The highest BCUT2D eigenvalue weighted by molar-refractivity contribution is 14.1. The summed E-state index contributed by atoms with van der Waals surface area (Å²) in [5.41, 5.74) is 0. The molecule has 0 aromatic carbocycles. The minimum Gasteiger partial charge on any atom is -0.0864 e. The quantitative estimate of drug-likeness (QED) is 0.0356. The highest BCUT2D eigenvalue weighted by atomic mass is 127. The van der Waals surface area contributed by atoms with Gasteiger partial charge in [0.15, 0.2) is 0 Å². The monoisotopic (exact) mass is 661 g/mol. The normalized spacial score (nSPS) is 11.5. The van der Waals surface area contributed by atoms with Gasteiger partial charge in [0.25, 0.3) is 0 Å². The highest BCUT2D eigenvalue weighted by Gasteiger charge is 1.97. The van der Waals surface area contributed by atoms with E-state index in [1.54, 1.807) is 0 Å². The lowest BCUT2D eigenvalue weighted by molar-refractivity contribution is 0.511. The van der Waals surface area contributed by atoms with Crippen molar-refractivity contribution < 1.29 is 0 Å². The predicted molar refractivity (Wildman–Crippen MR) is 191 cm³/mol. The molecular formula is C38H77I. The standard InChI is InChI=1S/C38H77I/c1-2-3-4-5-6-7-8-9-10-11-12-13-14-15-16-17-18-19-20-21-22-23-24-25-26-27-28-29-30-31-32-33-34-35-36-37-38-39/h2-38H2,1H3. The molecule has 0 rings (SSSR count). The van der Waals surface area contributed by atoms with Gasteiger partial charge in [-0.15, -0.1) is 0 Å². The second-order valence-corrected chi connectivity index (χ2v) is 14.1. The molecule has 0 bridgehead atoms. The first kappa shape index (κ1) is 39.7. The van der Waals surface area contributed by atoms with E-state index >= 15 is 0 Å². The Morgan fingerprint density at radius 3 is 0.462 bits per heavy atom. The molecule has 0 amide bonds. The zero-order valence-electron chi connectivity index (χ0n) is 27.5. The van der Waals surface area contributed by atoms with E-state index in [2.05, 4.69) is 29.5 Å². The van der Waals surface area contributed by atoms with Crippen LogP contribution in [-0.4, -0.2) is 4.43 Å². The first-order chi connectivity index (χ1) is 19.4. The summed E-state index contributed by atoms with van der Waals surface area (Å²) in [5, 5.41) is 0. The largest absolute Gasteiger partial charge is 0.0864 e. The lowest BCUT2D eigenvalue weighted by Crippen LogP contribution is -1.85. The summed E-state index contributed by atoms with van der Waals surface area (Å²) in [5.74, 6) is 0. The Hall–Kier alpha value is 0.730. The van der Waals surface area contributed by atoms with Crippen LogP contribution in [0.3, 0.4) is 0 Å². The summed E-state index contributed by atoms with van der Waals surface area (Å²) in [6, 6.07) is 0. The van der Waals surface area contributed by atoms with E-state index in [0.717, 1.165) is 0 Å². The molecule has 236 valence electrons. The van der Waals surface area contributed by atoms with Gasteiger partial charge in [-0.05, 0) is 10.8 Å². The van der Waals surface area contributed by atoms with Gasteiger partial charge in [0.2, 0.25) is 0 Å². The number of unbranched alkanes of at least 4 members (excludes halogenated alkanes) is 35. The maximum Gasteiger partial charge on any atom is -0.000473 e. The van der Waals surface area contributed by atoms with Crippen molar-refractivity contribution >= 4 is 22.6 Å². The van der Waals surface area contributed by atoms with Crippen molar-refractivity contribution in [1.29, 1.82) is 0 Å². The van der Waals surface area contributed by atoms with Crippen LogP contribution in [-0.2, 0) is 0 Å². The van der Waals surface area contributed by atoms with Crippen molar-refractivity contribution in [2.24, 2.45) is 0 Å². The van der Waals surface area contributed by atoms with Gasteiger partial charge in [-0.25, -0.2) is 0 Å². The van der Waals surface area contributed by atoms with Gasteiger partial charge < -0.3 is 0 Å². The van der Waals surface area contributed by atoms with Gasteiger partial charge in [-0.1, -0.05) is 254 Å². The first-order valence-corrected chi connectivity index (χ1v) is 20.5. The number of hydrogen-bond acceptors (Lipinski definition) is 0. The van der Waals surface area contributed by atoms with E-state index in [4.69, 9.17) is 0 Å². The van der Waals surface area contributed by atoms with Crippen molar-refractivity contribution in [3.05, 3.63) is 0 Å². The van der Waals surface area contributed by atoms with E-state index in [9.17, 15) is 0 Å². The van der Waals surface area contributed by atoms with Crippen LogP contribution in [0.2, 0.25) is 0 Å². The second kappa shape index (κ2) is 38.7. The maximum absolute atomic E-state index is 2.50. The fourth-order valence-electron chi connectivity index (χ4n) is 6.18. The summed E-state index contributed by atoms with van der Waals surface area (Å²) in [6.07, 6.45) is 53.5. The zero-order chi connectivity index (χ0) is 28.2. The van der Waals surface area contributed by atoms with Crippen LogP contribution < -0.4 is 0 Å². The van der Waals surface area contributed by atoms with E-state index in [-0.39, 0.29) is 0 Å². The Morgan fingerprint density at radius 2 is 0.333 bits per heavy atom. The lowest BCUT2D eigenvalue weighted by atomic mass is 10.0. The molecule has 0 aliphatic heterocycles. The summed E-state index contributed by atoms with van der Waals surface area (Å²) in [4.78, 5) is 0. The molecular weight excluding hydrogens is 583 g/mol. The molecule has 0 fully saturated rings. The molecule has 39 heavy (non-hydrogen) atoms. The molecule has 0 saturated heterocycles. The first-order valence-electron chi connectivity index (χ1n) is 19.0. The Bertz CT molecular complexity index is 356. The number of rotatable bonds is 36. The third-order valence-corrected chi connectivity index (χ3v) is 9.75. The smallest absolute Gasteiger partial charge is 0.000473 e. The van der Waals surface area contributed by atoms with Gasteiger partial charge >= 0.3 is 0 Å². The molecule has 0 aliphatic rings. The van der Waals surface area contributed by atoms with Gasteiger partial charge in [-0.2, -0.15) is 0 Å². The second-order valence-electron chi connectivity index (χ2n) is 13.1. The molecule has 0 aromatic heterocycles. The maximum atomic E-state index is 2.50. The topological polar surface area (TPSA) is 0 Å².